The van der Waals surface area contributed by atoms with Gasteiger partial charge in [0, 0.05) is 19.3 Å². The molecule has 0 saturated heterocycles. The highest BCUT2D eigenvalue weighted by Crippen LogP contribution is 2.25. The lowest BCUT2D eigenvalue weighted by atomic mass is 9.95. The van der Waals surface area contributed by atoms with Crippen molar-refractivity contribution in [3.63, 3.8) is 0 Å². The van der Waals surface area contributed by atoms with Gasteiger partial charge in [-0.1, -0.05) is 23.8 Å². The first-order valence-electron chi connectivity index (χ1n) is 7.11. The summed E-state index contributed by atoms with van der Waals surface area (Å²) in [6.45, 7) is 6.50. The Bertz CT molecular complexity index is 616. The van der Waals surface area contributed by atoms with Crippen molar-refractivity contribution >= 4 is 5.69 Å². The molecule has 2 rings (SSSR count). The lowest BCUT2D eigenvalue weighted by Crippen LogP contribution is -2.25. The molecule has 3 heteroatoms. The Morgan fingerprint density at radius 3 is 2.29 bits per heavy atom. The number of aliphatic hydroxyl groups is 1. The molecule has 2 aromatic rings. The van der Waals surface area contributed by atoms with Crippen LogP contribution in [0.3, 0.4) is 0 Å². The molecular weight excluding hydrogens is 265 g/mol. The number of benzene rings is 2. The third-order valence-electron chi connectivity index (χ3n) is 3.77. The van der Waals surface area contributed by atoms with E-state index in [2.05, 4.69) is 19.1 Å². The number of likely N-dealkylation sites (N-methyl/N-ethyl adjacent to an activating group) is 1. The highest BCUT2D eigenvalue weighted by atomic mass is 19.1. The molecule has 0 radical (unpaired) electrons. The Morgan fingerprint density at radius 1 is 1.10 bits per heavy atom. The smallest absolute Gasteiger partial charge is 0.125 e. The number of hydrogen-bond acceptors (Lipinski definition) is 2. The predicted molar refractivity (Wildman–Crippen MR) is 85.3 cm³/mol. The van der Waals surface area contributed by atoms with Crippen molar-refractivity contribution < 1.29 is 9.50 Å². The zero-order chi connectivity index (χ0) is 15.6. The molecule has 1 N–H and O–H groups in total. The first-order chi connectivity index (χ1) is 9.88. The first-order valence-corrected chi connectivity index (χ1v) is 7.11. The molecule has 0 aromatic heterocycles. The fraction of sp³-hybridized carbons (Fsp3) is 0.333. The summed E-state index contributed by atoms with van der Waals surface area (Å²) >= 11 is 0. The number of nitrogens with zero attached hydrogens (tertiary/aromatic N) is 1. The molecule has 112 valence electrons. The predicted octanol–water partition coefficient (Wildman–Crippen LogP) is 3.92. The second kappa shape index (κ2) is 6.27. The number of halogens is 1. The number of aryl methyl sites for hydroxylation is 3. The van der Waals surface area contributed by atoms with Gasteiger partial charge in [0.15, 0.2) is 0 Å². The molecule has 21 heavy (non-hydrogen) atoms. The van der Waals surface area contributed by atoms with Crippen molar-refractivity contribution in [3.8, 4) is 0 Å². The van der Waals surface area contributed by atoms with Gasteiger partial charge in [0.1, 0.15) is 5.82 Å². The largest absolute Gasteiger partial charge is 0.387 e. The second-order valence-corrected chi connectivity index (χ2v) is 5.69. The molecule has 0 aliphatic heterocycles. The van der Waals surface area contributed by atoms with Crippen LogP contribution in [-0.4, -0.2) is 18.7 Å². The van der Waals surface area contributed by atoms with Crippen LogP contribution in [0.1, 0.15) is 28.4 Å². The van der Waals surface area contributed by atoms with Crippen molar-refractivity contribution in [1.29, 1.82) is 0 Å². The van der Waals surface area contributed by atoms with Gasteiger partial charge in [-0.05, 0) is 55.7 Å². The van der Waals surface area contributed by atoms with Gasteiger partial charge in [0.25, 0.3) is 0 Å². The Balaban J connectivity index is 2.20. The Labute approximate surface area is 125 Å². The monoisotopic (exact) mass is 287 g/mol. The third-order valence-corrected chi connectivity index (χ3v) is 3.77. The van der Waals surface area contributed by atoms with Crippen LogP contribution in [-0.2, 0) is 0 Å². The van der Waals surface area contributed by atoms with E-state index in [9.17, 15) is 9.50 Å². The van der Waals surface area contributed by atoms with Gasteiger partial charge in [-0.2, -0.15) is 0 Å². The zero-order valence-corrected chi connectivity index (χ0v) is 13.0. The summed E-state index contributed by atoms with van der Waals surface area (Å²) in [4.78, 5) is 1.87. The van der Waals surface area contributed by atoms with Crippen molar-refractivity contribution in [2.75, 3.05) is 18.5 Å². The van der Waals surface area contributed by atoms with Gasteiger partial charge < -0.3 is 10.0 Å². The van der Waals surface area contributed by atoms with Gasteiger partial charge >= 0.3 is 0 Å². The maximum absolute atomic E-state index is 13.3. The number of rotatable bonds is 4. The summed E-state index contributed by atoms with van der Waals surface area (Å²) in [5.74, 6) is -0.267. The topological polar surface area (TPSA) is 23.5 Å². The standard InChI is InChI=1S/C18H22FNO/c1-12-8-13(2)18(14(3)9-12)17(21)11-20(4)16-7-5-6-15(19)10-16/h5-10,17,21H,11H2,1-4H3. The summed E-state index contributed by atoms with van der Waals surface area (Å²) in [7, 11) is 1.86. The van der Waals surface area contributed by atoms with Crippen molar-refractivity contribution in [1.82, 2.24) is 0 Å². The Hall–Kier alpha value is -1.87. The SMILES string of the molecule is Cc1cc(C)c(C(O)CN(C)c2cccc(F)c2)c(C)c1. The summed E-state index contributed by atoms with van der Waals surface area (Å²) in [6, 6.07) is 10.6. The van der Waals surface area contributed by atoms with Gasteiger partial charge in [-0.3, -0.25) is 0 Å². The van der Waals surface area contributed by atoms with Crippen LogP contribution >= 0.6 is 0 Å². The van der Waals surface area contributed by atoms with E-state index in [1.807, 2.05) is 31.9 Å². The van der Waals surface area contributed by atoms with E-state index < -0.39 is 6.10 Å². The minimum Gasteiger partial charge on any atom is -0.387 e. The second-order valence-electron chi connectivity index (χ2n) is 5.69. The van der Waals surface area contributed by atoms with E-state index >= 15 is 0 Å². The first kappa shape index (κ1) is 15.5. The fourth-order valence-corrected chi connectivity index (χ4v) is 2.89. The molecule has 0 aliphatic rings. The van der Waals surface area contributed by atoms with Crippen LogP contribution in [0.5, 0.6) is 0 Å². The number of anilines is 1. The molecular formula is C18H22FNO. The van der Waals surface area contributed by atoms with Gasteiger partial charge in [-0.15, -0.1) is 0 Å². The van der Waals surface area contributed by atoms with Crippen LogP contribution < -0.4 is 4.90 Å². The van der Waals surface area contributed by atoms with Crippen LogP contribution in [0.4, 0.5) is 10.1 Å². The van der Waals surface area contributed by atoms with Gasteiger partial charge in [0.05, 0.1) is 6.10 Å². The minimum atomic E-state index is -0.598. The Morgan fingerprint density at radius 2 is 1.71 bits per heavy atom. The maximum atomic E-state index is 13.3. The molecule has 0 bridgehead atoms. The van der Waals surface area contributed by atoms with Crippen molar-refractivity contribution in [2.24, 2.45) is 0 Å². The highest BCUT2D eigenvalue weighted by Gasteiger charge is 2.16. The summed E-state index contributed by atoms with van der Waals surface area (Å²) in [6.07, 6.45) is -0.598. The lowest BCUT2D eigenvalue weighted by molar-refractivity contribution is 0.183. The molecule has 0 aliphatic carbocycles. The Kier molecular flexibility index (Phi) is 4.63. The molecule has 0 heterocycles. The molecule has 2 aromatic carbocycles. The van der Waals surface area contributed by atoms with E-state index in [-0.39, 0.29) is 5.82 Å². The highest BCUT2D eigenvalue weighted by molar-refractivity contribution is 5.47. The number of aliphatic hydroxyl groups excluding tert-OH is 1. The number of hydrogen-bond donors (Lipinski definition) is 1. The van der Waals surface area contributed by atoms with Gasteiger partial charge in [-0.25, -0.2) is 4.39 Å². The third kappa shape index (κ3) is 3.61. The van der Waals surface area contributed by atoms with E-state index in [0.29, 0.717) is 6.54 Å². The van der Waals surface area contributed by atoms with E-state index in [1.165, 1.54) is 17.7 Å². The minimum absolute atomic E-state index is 0.267. The molecule has 1 unspecified atom stereocenters. The van der Waals surface area contributed by atoms with Crippen molar-refractivity contribution in [3.05, 3.63) is 64.5 Å². The van der Waals surface area contributed by atoms with E-state index in [1.54, 1.807) is 6.07 Å². The molecule has 2 nitrogen and oxygen atoms in total. The van der Waals surface area contributed by atoms with Crippen LogP contribution in [0.15, 0.2) is 36.4 Å². The average Bonchev–Trinajstić information content (AvgIpc) is 2.37. The fourth-order valence-electron chi connectivity index (χ4n) is 2.89. The normalized spacial score (nSPS) is 12.3. The molecule has 1 atom stereocenters. The lowest BCUT2D eigenvalue weighted by Gasteiger charge is -2.25. The molecule has 0 spiro atoms. The molecule has 0 saturated carbocycles. The average molecular weight is 287 g/mol. The van der Waals surface area contributed by atoms with Gasteiger partial charge in [0.2, 0.25) is 0 Å². The zero-order valence-electron chi connectivity index (χ0n) is 13.0. The van der Waals surface area contributed by atoms with Crippen molar-refractivity contribution in [2.45, 2.75) is 26.9 Å². The van der Waals surface area contributed by atoms with E-state index in [4.69, 9.17) is 0 Å². The summed E-state index contributed by atoms with van der Waals surface area (Å²) in [5, 5.41) is 10.5. The quantitative estimate of drug-likeness (QED) is 0.921. The van der Waals surface area contributed by atoms with Crippen LogP contribution in [0.25, 0.3) is 0 Å². The maximum Gasteiger partial charge on any atom is 0.125 e. The summed E-state index contributed by atoms with van der Waals surface area (Å²) in [5.41, 5.74) is 5.10. The summed E-state index contributed by atoms with van der Waals surface area (Å²) < 4.78 is 13.3. The van der Waals surface area contributed by atoms with Crippen LogP contribution in [0.2, 0.25) is 0 Å². The molecule has 0 amide bonds. The van der Waals surface area contributed by atoms with Crippen LogP contribution in [0, 0.1) is 26.6 Å². The molecule has 0 fully saturated rings. The van der Waals surface area contributed by atoms with E-state index in [0.717, 1.165) is 22.4 Å².